The molecule has 1 aromatic carbocycles. The SMILES string of the molecule is Cc1cccc(Nc2nnc(SCC(=O)N(CC(C)C)C3CCS(=O)(=O)C3)s2)c1C. The first-order chi connectivity index (χ1) is 14.1. The Kier molecular flexibility index (Phi) is 7.41. The summed E-state index contributed by atoms with van der Waals surface area (Å²) in [5.41, 5.74) is 3.35. The van der Waals surface area contributed by atoms with Crippen LogP contribution in [0, 0.1) is 19.8 Å². The average molecular weight is 469 g/mol. The van der Waals surface area contributed by atoms with Gasteiger partial charge in [-0.25, -0.2) is 8.42 Å². The molecule has 30 heavy (non-hydrogen) atoms. The molecule has 1 fully saturated rings. The van der Waals surface area contributed by atoms with E-state index in [1.54, 1.807) is 4.90 Å². The van der Waals surface area contributed by atoms with Gasteiger partial charge in [-0.2, -0.15) is 0 Å². The number of hydrogen-bond acceptors (Lipinski definition) is 8. The zero-order valence-electron chi connectivity index (χ0n) is 17.7. The Morgan fingerprint density at radius 1 is 1.33 bits per heavy atom. The van der Waals surface area contributed by atoms with Crippen LogP contribution < -0.4 is 5.32 Å². The van der Waals surface area contributed by atoms with E-state index in [1.807, 2.05) is 26.0 Å². The van der Waals surface area contributed by atoms with Crippen LogP contribution in [0.15, 0.2) is 22.5 Å². The molecule has 1 unspecified atom stereocenters. The van der Waals surface area contributed by atoms with E-state index in [0.717, 1.165) is 11.3 Å². The van der Waals surface area contributed by atoms with Crippen LogP contribution in [0.2, 0.25) is 0 Å². The van der Waals surface area contributed by atoms with Crippen LogP contribution >= 0.6 is 23.1 Å². The van der Waals surface area contributed by atoms with Crippen molar-refractivity contribution in [2.75, 3.05) is 29.1 Å². The van der Waals surface area contributed by atoms with Crippen molar-refractivity contribution >= 4 is 49.7 Å². The van der Waals surface area contributed by atoms with Crippen molar-refractivity contribution in [3.63, 3.8) is 0 Å². The lowest BCUT2D eigenvalue weighted by Crippen LogP contribution is -2.44. The normalized spacial score (nSPS) is 18.0. The summed E-state index contributed by atoms with van der Waals surface area (Å²) in [5, 5.41) is 12.3. The van der Waals surface area contributed by atoms with Gasteiger partial charge >= 0.3 is 0 Å². The van der Waals surface area contributed by atoms with Crippen molar-refractivity contribution in [2.24, 2.45) is 5.92 Å². The second-order valence-corrected chi connectivity index (χ2v) is 12.5. The first-order valence-electron chi connectivity index (χ1n) is 9.94. The molecule has 10 heteroatoms. The number of aromatic nitrogens is 2. The molecular formula is C20H28N4O3S3. The molecule has 164 valence electrons. The predicted molar refractivity (Wildman–Crippen MR) is 123 cm³/mol. The van der Waals surface area contributed by atoms with E-state index in [2.05, 4.69) is 35.4 Å². The Bertz CT molecular complexity index is 1000. The minimum Gasteiger partial charge on any atom is -0.338 e. The van der Waals surface area contributed by atoms with Gasteiger partial charge in [0.05, 0.1) is 17.3 Å². The fourth-order valence-corrected chi connectivity index (χ4v) is 6.78. The minimum absolute atomic E-state index is 0.0463. The number of nitrogens with zero attached hydrogens (tertiary/aromatic N) is 3. The van der Waals surface area contributed by atoms with Crippen molar-refractivity contribution in [1.82, 2.24) is 15.1 Å². The highest BCUT2D eigenvalue weighted by Crippen LogP contribution is 2.30. The molecule has 2 aromatic rings. The zero-order valence-corrected chi connectivity index (χ0v) is 20.2. The lowest BCUT2D eigenvalue weighted by atomic mass is 10.1. The van der Waals surface area contributed by atoms with Gasteiger partial charge in [0, 0.05) is 18.3 Å². The lowest BCUT2D eigenvalue weighted by Gasteiger charge is -2.29. The van der Waals surface area contributed by atoms with E-state index < -0.39 is 9.84 Å². The second-order valence-electron chi connectivity index (χ2n) is 8.03. The van der Waals surface area contributed by atoms with E-state index in [9.17, 15) is 13.2 Å². The van der Waals surface area contributed by atoms with Crippen molar-refractivity contribution < 1.29 is 13.2 Å². The van der Waals surface area contributed by atoms with Gasteiger partial charge < -0.3 is 10.2 Å². The predicted octanol–water partition coefficient (Wildman–Crippen LogP) is 3.66. The topological polar surface area (TPSA) is 92.3 Å². The first kappa shape index (κ1) is 23.0. The van der Waals surface area contributed by atoms with Crippen molar-refractivity contribution in [1.29, 1.82) is 0 Å². The highest BCUT2D eigenvalue weighted by atomic mass is 32.2. The number of aryl methyl sites for hydroxylation is 1. The number of hydrogen-bond donors (Lipinski definition) is 1. The summed E-state index contributed by atoms with van der Waals surface area (Å²) in [7, 11) is -3.04. The average Bonchev–Trinajstić information content (AvgIpc) is 3.27. The fraction of sp³-hybridized carbons (Fsp3) is 0.550. The Morgan fingerprint density at radius 3 is 2.77 bits per heavy atom. The molecule has 0 saturated carbocycles. The van der Waals surface area contributed by atoms with Crippen molar-refractivity contribution in [3.05, 3.63) is 29.3 Å². The molecule has 1 amide bonds. The highest BCUT2D eigenvalue weighted by Gasteiger charge is 2.34. The Hall–Kier alpha value is -1.65. The molecule has 1 aliphatic rings. The first-order valence-corrected chi connectivity index (χ1v) is 13.6. The van der Waals surface area contributed by atoms with Gasteiger partial charge in [-0.1, -0.05) is 49.1 Å². The van der Waals surface area contributed by atoms with E-state index in [1.165, 1.54) is 28.7 Å². The van der Waals surface area contributed by atoms with E-state index in [-0.39, 0.29) is 35.1 Å². The molecule has 1 aromatic heterocycles. The Morgan fingerprint density at radius 2 is 2.10 bits per heavy atom. The summed E-state index contributed by atoms with van der Waals surface area (Å²) in [4.78, 5) is 14.6. The van der Waals surface area contributed by atoms with Crippen LogP contribution in [0.3, 0.4) is 0 Å². The second kappa shape index (κ2) is 9.65. The summed E-state index contributed by atoms with van der Waals surface area (Å²) >= 11 is 2.75. The lowest BCUT2D eigenvalue weighted by molar-refractivity contribution is -0.130. The number of carbonyl (C=O) groups excluding carboxylic acids is 1. The number of carbonyl (C=O) groups is 1. The van der Waals surface area contributed by atoms with Gasteiger partial charge in [-0.15, -0.1) is 10.2 Å². The maximum atomic E-state index is 12.9. The van der Waals surface area contributed by atoms with Gasteiger partial charge in [0.1, 0.15) is 0 Å². The maximum absolute atomic E-state index is 12.9. The minimum atomic E-state index is -3.04. The largest absolute Gasteiger partial charge is 0.338 e. The molecule has 2 heterocycles. The van der Waals surface area contributed by atoms with Gasteiger partial charge in [0.15, 0.2) is 14.2 Å². The van der Waals surface area contributed by atoms with Gasteiger partial charge in [0.2, 0.25) is 11.0 Å². The standard InChI is InChI=1S/C20H28N4O3S3/c1-13(2)10-24(16-8-9-30(26,27)12-16)18(25)11-28-20-23-22-19(29-20)21-17-7-5-6-14(3)15(17)4/h5-7,13,16H,8-12H2,1-4H3,(H,21,22). The third-order valence-corrected chi connectivity index (χ3v) is 8.81. The molecule has 1 atom stereocenters. The summed E-state index contributed by atoms with van der Waals surface area (Å²) in [6, 6.07) is 5.83. The van der Waals surface area contributed by atoms with Crippen LogP contribution in [0.25, 0.3) is 0 Å². The summed E-state index contributed by atoms with van der Waals surface area (Å²) in [6.45, 7) is 8.75. The molecule has 1 aliphatic heterocycles. The molecule has 0 radical (unpaired) electrons. The number of benzene rings is 1. The number of rotatable bonds is 8. The van der Waals surface area contributed by atoms with Crippen molar-refractivity contribution in [2.45, 2.75) is 44.5 Å². The molecule has 3 rings (SSSR count). The summed E-state index contributed by atoms with van der Waals surface area (Å²) in [6.07, 6.45) is 0.522. The van der Waals surface area contributed by atoms with E-state index in [0.29, 0.717) is 22.4 Å². The monoisotopic (exact) mass is 468 g/mol. The number of sulfone groups is 1. The molecule has 1 saturated heterocycles. The molecule has 0 aliphatic carbocycles. The number of thioether (sulfide) groups is 1. The quantitative estimate of drug-likeness (QED) is 0.591. The van der Waals surface area contributed by atoms with E-state index in [4.69, 9.17) is 0 Å². The summed E-state index contributed by atoms with van der Waals surface area (Å²) < 4.78 is 24.4. The van der Waals surface area contributed by atoms with Gasteiger partial charge in [-0.3, -0.25) is 4.79 Å². The molecule has 7 nitrogen and oxygen atoms in total. The third-order valence-electron chi connectivity index (χ3n) is 5.10. The van der Waals surface area contributed by atoms with Crippen molar-refractivity contribution in [3.8, 4) is 0 Å². The van der Waals surface area contributed by atoms with Crippen LogP contribution in [-0.4, -0.2) is 59.3 Å². The van der Waals surface area contributed by atoms with Gasteiger partial charge in [0.25, 0.3) is 0 Å². The zero-order chi connectivity index (χ0) is 21.9. The summed E-state index contributed by atoms with van der Waals surface area (Å²) in [5.74, 6) is 0.684. The van der Waals surface area contributed by atoms with Crippen LogP contribution in [0.5, 0.6) is 0 Å². The smallest absolute Gasteiger partial charge is 0.233 e. The number of amides is 1. The number of anilines is 2. The highest BCUT2D eigenvalue weighted by molar-refractivity contribution is 8.01. The number of nitrogens with one attached hydrogen (secondary N) is 1. The fourth-order valence-electron chi connectivity index (χ4n) is 3.40. The van der Waals surface area contributed by atoms with E-state index >= 15 is 0 Å². The molecule has 1 N–H and O–H groups in total. The molecule has 0 spiro atoms. The maximum Gasteiger partial charge on any atom is 0.233 e. The van der Waals surface area contributed by atoms with Crippen LogP contribution in [0.4, 0.5) is 10.8 Å². The third kappa shape index (κ3) is 5.95. The van der Waals surface area contributed by atoms with Crippen LogP contribution in [0.1, 0.15) is 31.4 Å². The Labute approximate surface area is 186 Å². The molecular weight excluding hydrogens is 440 g/mol. The van der Waals surface area contributed by atoms with Gasteiger partial charge in [-0.05, 0) is 43.4 Å². The molecule has 0 bridgehead atoms. The Balaban J connectivity index is 1.61. The van der Waals surface area contributed by atoms with Crippen LogP contribution in [-0.2, 0) is 14.6 Å².